The largest absolute Gasteiger partial charge is 0.464 e. The van der Waals surface area contributed by atoms with Gasteiger partial charge in [0.05, 0.1) is 12.8 Å². The number of halogens is 1. The van der Waals surface area contributed by atoms with Crippen LogP contribution >= 0.6 is 11.8 Å². The molecule has 0 radical (unpaired) electrons. The first-order chi connectivity index (χ1) is 8.13. The Kier molecular flexibility index (Phi) is 3.26. The van der Waals surface area contributed by atoms with E-state index in [0.717, 1.165) is 4.42 Å². The maximum Gasteiger partial charge on any atom is 0.356 e. The molecular formula is C10H10ClN3O3. The Morgan fingerprint density at radius 1 is 1.71 bits per heavy atom. The predicted octanol–water partition coefficient (Wildman–Crippen LogP) is 1.33. The second-order valence-electron chi connectivity index (χ2n) is 3.36. The highest BCUT2D eigenvalue weighted by molar-refractivity contribution is 6.22. The highest BCUT2D eigenvalue weighted by Crippen LogP contribution is 2.26. The standard InChI is InChI=1S/C10H10ClN3O3/c1-16-10(15)7-4-2-3-6(13-7)8-9(12)14(11)5-17-8/h2-4,8,12H,5H2,1H3. The lowest BCUT2D eigenvalue weighted by Gasteiger charge is -2.09. The molecule has 0 spiro atoms. The highest BCUT2D eigenvalue weighted by Gasteiger charge is 2.31. The van der Waals surface area contributed by atoms with Crippen LogP contribution < -0.4 is 0 Å². The third kappa shape index (κ3) is 2.22. The van der Waals surface area contributed by atoms with E-state index >= 15 is 0 Å². The van der Waals surface area contributed by atoms with E-state index in [1.165, 1.54) is 13.2 Å². The topological polar surface area (TPSA) is 75.5 Å². The van der Waals surface area contributed by atoms with E-state index in [9.17, 15) is 4.79 Å². The molecule has 1 atom stereocenters. The average molecular weight is 256 g/mol. The summed E-state index contributed by atoms with van der Waals surface area (Å²) in [6.45, 7) is 0.120. The average Bonchev–Trinajstić information content (AvgIpc) is 2.69. The number of hydrogen-bond donors (Lipinski definition) is 1. The lowest BCUT2D eigenvalue weighted by atomic mass is 10.2. The molecule has 0 amide bonds. The van der Waals surface area contributed by atoms with Gasteiger partial charge in [-0.3, -0.25) is 5.41 Å². The van der Waals surface area contributed by atoms with Crippen molar-refractivity contribution in [2.45, 2.75) is 6.10 Å². The van der Waals surface area contributed by atoms with Gasteiger partial charge in [0.1, 0.15) is 18.3 Å². The first-order valence-electron chi connectivity index (χ1n) is 4.82. The number of hydrogen-bond acceptors (Lipinski definition) is 5. The van der Waals surface area contributed by atoms with Crippen LogP contribution in [0.3, 0.4) is 0 Å². The summed E-state index contributed by atoms with van der Waals surface area (Å²) in [5.74, 6) is -0.430. The fourth-order valence-electron chi connectivity index (χ4n) is 1.46. The van der Waals surface area contributed by atoms with Gasteiger partial charge in [0, 0.05) is 11.8 Å². The molecule has 0 saturated carbocycles. The van der Waals surface area contributed by atoms with Crippen LogP contribution in [0.5, 0.6) is 0 Å². The Hall–Kier alpha value is -1.66. The predicted molar refractivity (Wildman–Crippen MR) is 59.7 cm³/mol. The van der Waals surface area contributed by atoms with Crippen LogP contribution in [-0.4, -0.2) is 35.0 Å². The summed E-state index contributed by atoms with van der Waals surface area (Å²) in [7, 11) is 1.28. The normalized spacial score (nSPS) is 19.5. The summed E-state index contributed by atoms with van der Waals surface area (Å²) in [4.78, 5) is 15.4. The fourth-order valence-corrected chi connectivity index (χ4v) is 1.60. The van der Waals surface area contributed by atoms with Crippen molar-refractivity contribution in [2.24, 2.45) is 0 Å². The molecule has 2 rings (SSSR count). The van der Waals surface area contributed by atoms with E-state index in [1.807, 2.05) is 0 Å². The van der Waals surface area contributed by atoms with Gasteiger partial charge in [0.2, 0.25) is 0 Å². The molecular weight excluding hydrogens is 246 g/mol. The van der Waals surface area contributed by atoms with E-state index in [1.54, 1.807) is 12.1 Å². The zero-order valence-corrected chi connectivity index (χ0v) is 9.77. The highest BCUT2D eigenvalue weighted by atomic mass is 35.5. The summed E-state index contributed by atoms with van der Waals surface area (Å²) >= 11 is 5.70. The molecule has 0 bridgehead atoms. The second-order valence-corrected chi connectivity index (χ2v) is 3.77. The molecule has 1 aromatic heterocycles. The van der Waals surface area contributed by atoms with E-state index in [-0.39, 0.29) is 18.3 Å². The SMILES string of the molecule is COC(=O)c1cccc(C2OCN(Cl)C2=N)n1. The molecule has 1 aromatic rings. The first-order valence-corrected chi connectivity index (χ1v) is 5.16. The second kappa shape index (κ2) is 4.68. The van der Waals surface area contributed by atoms with Gasteiger partial charge in [-0.2, -0.15) is 0 Å². The molecule has 1 saturated heterocycles. The number of carbonyl (C=O) groups is 1. The van der Waals surface area contributed by atoms with Crippen molar-refractivity contribution in [1.29, 1.82) is 5.41 Å². The smallest absolute Gasteiger partial charge is 0.356 e. The van der Waals surface area contributed by atoms with E-state index < -0.39 is 12.1 Å². The van der Waals surface area contributed by atoms with Crippen LogP contribution in [0.15, 0.2) is 18.2 Å². The number of methoxy groups -OCH3 is 1. The van der Waals surface area contributed by atoms with Crippen molar-refractivity contribution in [1.82, 2.24) is 9.40 Å². The quantitative estimate of drug-likeness (QED) is 0.637. The van der Waals surface area contributed by atoms with Gasteiger partial charge < -0.3 is 9.47 Å². The number of ether oxygens (including phenoxy) is 2. The van der Waals surface area contributed by atoms with Gasteiger partial charge in [-0.1, -0.05) is 6.07 Å². The summed E-state index contributed by atoms with van der Waals surface area (Å²) in [6, 6.07) is 4.86. The molecule has 90 valence electrons. The van der Waals surface area contributed by atoms with Crippen molar-refractivity contribution < 1.29 is 14.3 Å². The molecule has 6 nitrogen and oxygen atoms in total. The van der Waals surface area contributed by atoms with Gasteiger partial charge in [0.15, 0.2) is 6.10 Å². The summed E-state index contributed by atoms with van der Waals surface area (Å²) in [5.41, 5.74) is 0.635. The lowest BCUT2D eigenvalue weighted by molar-refractivity contribution is 0.0592. The Labute approximate surface area is 103 Å². The minimum atomic E-state index is -0.642. The van der Waals surface area contributed by atoms with Gasteiger partial charge in [-0.05, 0) is 12.1 Å². The van der Waals surface area contributed by atoms with Gasteiger partial charge in [-0.25, -0.2) is 14.2 Å². The fraction of sp³-hybridized carbons (Fsp3) is 0.300. The van der Waals surface area contributed by atoms with Crippen molar-refractivity contribution in [3.63, 3.8) is 0 Å². The van der Waals surface area contributed by atoms with Crippen molar-refractivity contribution >= 4 is 23.6 Å². The number of carbonyl (C=O) groups excluding carboxylic acids is 1. The molecule has 1 N–H and O–H groups in total. The zero-order valence-electron chi connectivity index (χ0n) is 9.01. The molecule has 7 heteroatoms. The Morgan fingerprint density at radius 2 is 2.47 bits per heavy atom. The van der Waals surface area contributed by atoms with Crippen LogP contribution in [0, 0.1) is 5.41 Å². The molecule has 2 heterocycles. The number of nitrogens with zero attached hydrogens (tertiary/aromatic N) is 2. The van der Waals surface area contributed by atoms with Crippen molar-refractivity contribution in [2.75, 3.05) is 13.8 Å². The maximum atomic E-state index is 11.3. The van der Waals surface area contributed by atoms with Gasteiger partial charge in [0.25, 0.3) is 0 Å². The summed E-state index contributed by atoms with van der Waals surface area (Å²) < 4.78 is 11.0. The van der Waals surface area contributed by atoms with E-state index in [2.05, 4.69) is 9.72 Å². The third-order valence-electron chi connectivity index (χ3n) is 2.30. The van der Waals surface area contributed by atoms with Crippen molar-refractivity contribution in [3.05, 3.63) is 29.6 Å². The van der Waals surface area contributed by atoms with Crippen LogP contribution in [0.4, 0.5) is 0 Å². The first kappa shape index (κ1) is 11.8. The lowest BCUT2D eigenvalue weighted by Crippen LogP contribution is -2.17. The summed E-state index contributed by atoms with van der Waals surface area (Å²) in [6.07, 6.45) is -0.642. The Morgan fingerprint density at radius 3 is 3.06 bits per heavy atom. The minimum absolute atomic E-state index is 0.0983. The number of nitrogens with one attached hydrogen (secondary N) is 1. The van der Waals surface area contributed by atoms with Gasteiger partial charge in [-0.15, -0.1) is 0 Å². The summed E-state index contributed by atoms with van der Waals surface area (Å²) in [5, 5.41) is 7.68. The van der Waals surface area contributed by atoms with Crippen LogP contribution in [0.25, 0.3) is 0 Å². The molecule has 1 aliphatic rings. The molecule has 17 heavy (non-hydrogen) atoms. The number of pyridine rings is 1. The van der Waals surface area contributed by atoms with E-state index in [0.29, 0.717) is 5.69 Å². The monoisotopic (exact) mass is 255 g/mol. The van der Waals surface area contributed by atoms with Gasteiger partial charge >= 0.3 is 5.97 Å². The Balaban J connectivity index is 2.28. The molecule has 1 fully saturated rings. The molecule has 0 aliphatic carbocycles. The minimum Gasteiger partial charge on any atom is -0.464 e. The van der Waals surface area contributed by atoms with Crippen LogP contribution in [0.1, 0.15) is 22.3 Å². The molecule has 0 aromatic carbocycles. The maximum absolute atomic E-state index is 11.3. The van der Waals surface area contributed by atoms with Crippen molar-refractivity contribution in [3.8, 4) is 0 Å². The number of amidine groups is 1. The molecule has 1 aliphatic heterocycles. The van der Waals surface area contributed by atoms with Crippen LogP contribution in [0.2, 0.25) is 0 Å². The number of esters is 1. The number of aromatic nitrogens is 1. The molecule has 1 unspecified atom stereocenters. The van der Waals surface area contributed by atoms with E-state index in [4.69, 9.17) is 21.9 Å². The number of rotatable bonds is 2. The third-order valence-corrected chi connectivity index (χ3v) is 2.58. The Bertz CT molecular complexity index is 466. The van der Waals surface area contributed by atoms with Crippen LogP contribution in [-0.2, 0) is 9.47 Å². The zero-order chi connectivity index (χ0) is 12.4.